The highest BCUT2D eigenvalue weighted by Crippen LogP contribution is 2.38. The molecule has 1 aromatic heterocycles. The molecule has 0 amide bonds. The van der Waals surface area contributed by atoms with Gasteiger partial charge in [-0.15, -0.1) is 0 Å². The highest BCUT2D eigenvalue weighted by atomic mass is 16.5. The number of hydrogen-bond acceptors (Lipinski definition) is 6. The van der Waals surface area contributed by atoms with Crippen LogP contribution in [0.1, 0.15) is 36.9 Å². The first-order chi connectivity index (χ1) is 9.97. The maximum absolute atomic E-state index is 9.10. The molecule has 1 fully saturated rings. The predicted molar refractivity (Wildman–Crippen MR) is 71.6 cm³/mol. The fraction of sp³-hybridized carbons (Fsp3) is 0.538. The van der Waals surface area contributed by atoms with Crippen LogP contribution in [-0.4, -0.2) is 57.3 Å². The van der Waals surface area contributed by atoms with Gasteiger partial charge in [-0.1, -0.05) is 11.2 Å². The van der Waals surface area contributed by atoms with Crippen LogP contribution in [0.25, 0.3) is 5.57 Å². The highest BCUT2D eigenvalue weighted by Gasteiger charge is 2.29. The van der Waals surface area contributed by atoms with E-state index in [0.717, 1.165) is 31.2 Å². The minimum Gasteiger partial charge on any atom is -0.473 e. The lowest BCUT2D eigenvalue weighted by molar-refractivity contribution is -0.159. The standard InChI is InChI=1S/C11H15N3O.C2H2O4/c1-14-6-2-3-9(7-14)11-12-10(13-15-11)8-4-5-8;3-1(4)2(5)6/h3,8H,2,4-7H2,1H3;(H,3,4)(H,5,6). The maximum Gasteiger partial charge on any atom is 0.414 e. The predicted octanol–water partition coefficient (Wildman–Crippen LogP) is 0.822. The Balaban J connectivity index is 0.000000232. The maximum atomic E-state index is 9.10. The van der Waals surface area contributed by atoms with E-state index < -0.39 is 11.9 Å². The van der Waals surface area contributed by atoms with Gasteiger partial charge < -0.3 is 19.6 Å². The Morgan fingerprint density at radius 1 is 1.33 bits per heavy atom. The number of carbonyl (C=O) groups is 2. The van der Waals surface area contributed by atoms with Crippen LogP contribution in [0.4, 0.5) is 0 Å². The van der Waals surface area contributed by atoms with E-state index in [-0.39, 0.29) is 0 Å². The summed E-state index contributed by atoms with van der Waals surface area (Å²) in [7, 11) is 2.12. The minimum absolute atomic E-state index is 0.574. The monoisotopic (exact) mass is 295 g/mol. The molecule has 0 atom stereocenters. The van der Waals surface area contributed by atoms with Crippen molar-refractivity contribution in [3.8, 4) is 0 Å². The van der Waals surface area contributed by atoms with E-state index >= 15 is 0 Å². The van der Waals surface area contributed by atoms with Crippen molar-refractivity contribution in [2.75, 3.05) is 20.1 Å². The van der Waals surface area contributed by atoms with E-state index in [1.807, 2.05) is 0 Å². The quantitative estimate of drug-likeness (QED) is 0.770. The van der Waals surface area contributed by atoms with Gasteiger partial charge in [-0.2, -0.15) is 4.98 Å². The van der Waals surface area contributed by atoms with Crippen molar-refractivity contribution in [3.63, 3.8) is 0 Å². The Morgan fingerprint density at radius 3 is 2.52 bits per heavy atom. The molecule has 2 aliphatic rings. The van der Waals surface area contributed by atoms with Gasteiger partial charge in [0, 0.05) is 24.6 Å². The molecule has 0 saturated heterocycles. The lowest BCUT2D eigenvalue weighted by atomic mass is 10.1. The minimum atomic E-state index is -1.82. The molecule has 1 aromatic rings. The van der Waals surface area contributed by atoms with E-state index in [1.165, 1.54) is 18.4 Å². The number of carboxylic acid groups (broad SMARTS) is 2. The largest absolute Gasteiger partial charge is 0.473 e. The van der Waals surface area contributed by atoms with Crippen molar-refractivity contribution < 1.29 is 24.3 Å². The van der Waals surface area contributed by atoms with E-state index in [2.05, 4.69) is 28.2 Å². The summed E-state index contributed by atoms with van der Waals surface area (Å²) in [6.45, 7) is 2.04. The van der Waals surface area contributed by atoms with Crippen molar-refractivity contribution >= 4 is 17.5 Å². The van der Waals surface area contributed by atoms with Gasteiger partial charge in [0.25, 0.3) is 5.89 Å². The fourth-order valence-corrected chi connectivity index (χ4v) is 1.92. The first-order valence-corrected chi connectivity index (χ1v) is 6.65. The zero-order valence-electron chi connectivity index (χ0n) is 11.7. The third-order valence-corrected chi connectivity index (χ3v) is 3.18. The Morgan fingerprint density at radius 2 is 2.00 bits per heavy atom. The lowest BCUT2D eigenvalue weighted by Crippen LogP contribution is -2.25. The number of aromatic nitrogens is 2. The van der Waals surface area contributed by atoms with Gasteiger partial charge in [-0.25, -0.2) is 9.59 Å². The second-order valence-corrected chi connectivity index (χ2v) is 5.10. The Bertz CT molecular complexity index is 550. The average molecular weight is 295 g/mol. The Kier molecular flexibility index (Phi) is 4.69. The molecular formula is C13H17N3O5. The van der Waals surface area contributed by atoms with Crippen molar-refractivity contribution in [2.45, 2.75) is 25.2 Å². The summed E-state index contributed by atoms with van der Waals surface area (Å²) in [4.78, 5) is 24.9. The highest BCUT2D eigenvalue weighted by molar-refractivity contribution is 6.27. The molecule has 8 nitrogen and oxygen atoms in total. The zero-order valence-corrected chi connectivity index (χ0v) is 11.7. The molecule has 1 saturated carbocycles. The summed E-state index contributed by atoms with van der Waals surface area (Å²) >= 11 is 0. The number of rotatable bonds is 2. The molecule has 114 valence electrons. The SMILES string of the molecule is CN1CCC=C(c2nc(C3CC3)no2)C1.O=C(O)C(=O)O. The molecule has 0 unspecified atom stereocenters. The summed E-state index contributed by atoms with van der Waals surface area (Å²) in [6.07, 6.45) is 5.73. The van der Waals surface area contributed by atoms with Crippen LogP contribution in [0, 0.1) is 0 Å². The second-order valence-electron chi connectivity index (χ2n) is 5.10. The normalized spacial score (nSPS) is 18.4. The Hall–Kier alpha value is -2.22. The third kappa shape index (κ3) is 4.38. The van der Waals surface area contributed by atoms with Crippen LogP contribution in [0.5, 0.6) is 0 Å². The second kappa shape index (κ2) is 6.49. The van der Waals surface area contributed by atoms with E-state index in [1.54, 1.807) is 0 Å². The summed E-state index contributed by atoms with van der Waals surface area (Å²) in [5, 5.41) is 18.8. The van der Waals surface area contributed by atoms with Crippen LogP contribution in [0.3, 0.4) is 0 Å². The van der Waals surface area contributed by atoms with Crippen molar-refractivity contribution in [2.24, 2.45) is 0 Å². The molecule has 21 heavy (non-hydrogen) atoms. The van der Waals surface area contributed by atoms with Crippen LogP contribution in [-0.2, 0) is 9.59 Å². The van der Waals surface area contributed by atoms with Crippen LogP contribution >= 0.6 is 0 Å². The molecule has 2 heterocycles. The van der Waals surface area contributed by atoms with Gasteiger partial charge in [-0.3, -0.25) is 0 Å². The fourth-order valence-electron chi connectivity index (χ4n) is 1.92. The topological polar surface area (TPSA) is 117 Å². The van der Waals surface area contributed by atoms with Crippen molar-refractivity contribution in [3.05, 3.63) is 17.8 Å². The molecule has 1 aliphatic heterocycles. The third-order valence-electron chi connectivity index (χ3n) is 3.18. The van der Waals surface area contributed by atoms with Crippen LogP contribution in [0.2, 0.25) is 0 Å². The molecule has 0 aromatic carbocycles. The van der Waals surface area contributed by atoms with Crippen LogP contribution in [0.15, 0.2) is 10.6 Å². The number of carboxylic acids is 2. The van der Waals surface area contributed by atoms with Gasteiger partial charge >= 0.3 is 11.9 Å². The van der Waals surface area contributed by atoms with Gasteiger partial charge in [0.15, 0.2) is 5.82 Å². The molecule has 0 radical (unpaired) electrons. The van der Waals surface area contributed by atoms with Gasteiger partial charge in [-0.05, 0) is 26.3 Å². The number of hydrogen-bond donors (Lipinski definition) is 2. The number of aliphatic carboxylic acids is 2. The Labute approximate surface area is 121 Å². The number of nitrogens with zero attached hydrogens (tertiary/aromatic N) is 3. The molecule has 0 spiro atoms. The molecule has 0 bridgehead atoms. The first kappa shape index (κ1) is 15.2. The summed E-state index contributed by atoms with van der Waals surface area (Å²) < 4.78 is 5.30. The van der Waals surface area contributed by atoms with Gasteiger partial charge in [0.05, 0.1) is 0 Å². The van der Waals surface area contributed by atoms with E-state index in [4.69, 9.17) is 24.3 Å². The molecule has 3 rings (SSSR count). The number of likely N-dealkylation sites (N-methyl/N-ethyl adjacent to an activating group) is 1. The van der Waals surface area contributed by atoms with Crippen molar-refractivity contribution in [1.29, 1.82) is 0 Å². The molecule has 2 N–H and O–H groups in total. The molecule has 8 heteroatoms. The van der Waals surface area contributed by atoms with Gasteiger partial charge in [0.1, 0.15) is 0 Å². The smallest absolute Gasteiger partial charge is 0.414 e. The van der Waals surface area contributed by atoms with E-state index in [9.17, 15) is 0 Å². The van der Waals surface area contributed by atoms with E-state index in [0.29, 0.717) is 5.92 Å². The van der Waals surface area contributed by atoms with Gasteiger partial charge in [0.2, 0.25) is 0 Å². The molecular weight excluding hydrogens is 278 g/mol. The van der Waals surface area contributed by atoms with Crippen LogP contribution < -0.4 is 0 Å². The summed E-state index contributed by atoms with van der Waals surface area (Å²) in [6, 6.07) is 0. The summed E-state index contributed by atoms with van der Waals surface area (Å²) in [5.41, 5.74) is 1.18. The average Bonchev–Trinajstić information content (AvgIpc) is 3.17. The molecule has 1 aliphatic carbocycles. The zero-order chi connectivity index (χ0) is 15.4. The summed E-state index contributed by atoms with van der Waals surface area (Å²) in [5.74, 6) is -1.45. The first-order valence-electron chi connectivity index (χ1n) is 6.65. The lowest BCUT2D eigenvalue weighted by Gasteiger charge is -2.20. The van der Waals surface area contributed by atoms with Crippen molar-refractivity contribution in [1.82, 2.24) is 15.0 Å².